The predicted octanol–water partition coefficient (Wildman–Crippen LogP) is 4.10. The van der Waals surface area contributed by atoms with Crippen LogP contribution in [0.15, 0.2) is 42.5 Å². The topological polar surface area (TPSA) is 55.8 Å². The molecule has 1 N–H and O–H groups in total. The Balaban J connectivity index is 2.48. The van der Waals surface area contributed by atoms with Crippen molar-refractivity contribution >= 4 is 28.8 Å². The minimum Gasteiger partial charge on any atom is -0.496 e. The molecule has 0 fully saturated rings. The van der Waals surface area contributed by atoms with Gasteiger partial charge in [0.2, 0.25) is 0 Å². The minimum absolute atomic E-state index is 0.154. The van der Waals surface area contributed by atoms with Gasteiger partial charge in [0.15, 0.2) is 0 Å². The van der Waals surface area contributed by atoms with Gasteiger partial charge < -0.3 is 14.2 Å². The molecule has 0 heterocycles. The summed E-state index contributed by atoms with van der Waals surface area (Å²) in [7, 11) is -2.43. The van der Waals surface area contributed by atoms with Crippen molar-refractivity contribution in [2.75, 3.05) is 13.7 Å². The summed E-state index contributed by atoms with van der Waals surface area (Å²) < 4.78 is 22.5. The van der Waals surface area contributed by atoms with E-state index in [9.17, 15) is 9.46 Å². The monoisotopic (exact) mass is 384 g/mol. The van der Waals surface area contributed by atoms with Gasteiger partial charge in [-0.05, 0) is 35.7 Å². The smallest absolute Gasteiger partial charge is 0.362 e. The van der Waals surface area contributed by atoms with Gasteiger partial charge in [0.25, 0.3) is 0 Å². The maximum atomic E-state index is 12.3. The largest absolute Gasteiger partial charge is 0.496 e. The molecule has 0 bridgehead atoms. The van der Waals surface area contributed by atoms with Gasteiger partial charge in [-0.2, -0.15) is 0 Å². The second-order valence-corrected chi connectivity index (χ2v) is 7.00. The molecule has 0 aliphatic rings. The summed E-state index contributed by atoms with van der Waals surface area (Å²) in [5, 5.41) is 0.969. The SMILES string of the molecule is CCOP(=O)(O)c1cc(-c2ccc(CBr)cc2)ccc1OC. The van der Waals surface area contributed by atoms with Crippen molar-refractivity contribution in [1.82, 2.24) is 0 Å². The predicted molar refractivity (Wildman–Crippen MR) is 92.1 cm³/mol. The molecule has 0 spiro atoms. The second-order valence-electron chi connectivity index (χ2n) is 4.66. The highest BCUT2D eigenvalue weighted by atomic mass is 79.9. The van der Waals surface area contributed by atoms with Gasteiger partial charge in [-0.1, -0.05) is 46.3 Å². The van der Waals surface area contributed by atoms with Crippen LogP contribution in [-0.2, 0) is 14.4 Å². The van der Waals surface area contributed by atoms with E-state index >= 15 is 0 Å². The van der Waals surface area contributed by atoms with E-state index in [-0.39, 0.29) is 11.9 Å². The van der Waals surface area contributed by atoms with Gasteiger partial charge in [-0.3, -0.25) is 4.57 Å². The molecule has 0 saturated carbocycles. The third-order valence-electron chi connectivity index (χ3n) is 3.23. The van der Waals surface area contributed by atoms with E-state index in [0.717, 1.165) is 16.5 Å². The Kier molecular flexibility index (Phi) is 5.81. The number of methoxy groups -OCH3 is 1. The summed E-state index contributed by atoms with van der Waals surface area (Å²) in [4.78, 5) is 10.1. The zero-order valence-corrected chi connectivity index (χ0v) is 14.9. The van der Waals surface area contributed by atoms with Crippen molar-refractivity contribution in [3.05, 3.63) is 48.0 Å². The van der Waals surface area contributed by atoms with Gasteiger partial charge in [0, 0.05) is 5.33 Å². The van der Waals surface area contributed by atoms with Crippen LogP contribution in [0.4, 0.5) is 0 Å². The van der Waals surface area contributed by atoms with Gasteiger partial charge in [-0.25, -0.2) is 0 Å². The number of hydrogen-bond donors (Lipinski definition) is 1. The van der Waals surface area contributed by atoms with E-state index in [1.807, 2.05) is 30.3 Å². The van der Waals surface area contributed by atoms with Crippen LogP contribution >= 0.6 is 23.5 Å². The van der Waals surface area contributed by atoms with Gasteiger partial charge in [-0.15, -0.1) is 0 Å². The van der Waals surface area contributed by atoms with Crippen LogP contribution in [0.1, 0.15) is 12.5 Å². The first-order valence-electron chi connectivity index (χ1n) is 6.83. The highest BCUT2D eigenvalue weighted by molar-refractivity contribution is 9.08. The summed E-state index contributed by atoms with van der Waals surface area (Å²) >= 11 is 3.41. The number of ether oxygens (including phenoxy) is 1. The summed E-state index contributed by atoms with van der Waals surface area (Å²) in [6.45, 7) is 1.83. The van der Waals surface area contributed by atoms with E-state index in [1.165, 1.54) is 12.7 Å². The lowest BCUT2D eigenvalue weighted by atomic mass is 10.0. The molecule has 118 valence electrons. The highest BCUT2D eigenvalue weighted by Crippen LogP contribution is 2.44. The molecule has 1 unspecified atom stereocenters. The average Bonchev–Trinajstić information content (AvgIpc) is 2.54. The normalized spacial score (nSPS) is 13.6. The molecule has 0 radical (unpaired) electrons. The first-order chi connectivity index (χ1) is 10.5. The van der Waals surface area contributed by atoms with E-state index in [4.69, 9.17) is 9.26 Å². The van der Waals surface area contributed by atoms with Gasteiger partial charge in [0.05, 0.1) is 13.7 Å². The number of benzene rings is 2. The standard InChI is InChI=1S/C16H18BrO4P/c1-3-21-22(18,19)16-10-14(8-9-15(16)20-2)13-6-4-12(11-17)5-7-13/h4-10H,3,11H2,1-2H3,(H,18,19). The van der Waals surface area contributed by atoms with Crippen LogP contribution < -0.4 is 10.0 Å². The lowest BCUT2D eigenvalue weighted by molar-refractivity contribution is 0.283. The maximum absolute atomic E-state index is 12.3. The first-order valence-corrected chi connectivity index (χ1v) is 9.53. The Hall–Kier alpha value is -1.13. The molecule has 0 amide bonds. The van der Waals surface area contributed by atoms with E-state index in [1.54, 1.807) is 19.1 Å². The Morgan fingerprint density at radius 3 is 2.32 bits per heavy atom. The summed E-state index contributed by atoms with van der Waals surface area (Å²) in [6.07, 6.45) is 0. The van der Waals surface area contributed by atoms with Crippen molar-refractivity contribution in [1.29, 1.82) is 0 Å². The molecule has 1 atom stereocenters. The lowest BCUT2D eigenvalue weighted by Gasteiger charge is -2.16. The fourth-order valence-corrected chi connectivity index (χ4v) is 3.73. The zero-order chi connectivity index (χ0) is 16.2. The third kappa shape index (κ3) is 3.79. The lowest BCUT2D eigenvalue weighted by Crippen LogP contribution is -2.11. The third-order valence-corrected chi connectivity index (χ3v) is 5.44. The van der Waals surface area contributed by atoms with Crippen LogP contribution in [0, 0.1) is 0 Å². The van der Waals surface area contributed by atoms with Crippen molar-refractivity contribution in [2.45, 2.75) is 12.3 Å². The molecule has 22 heavy (non-hydrogen) atoms. The summed E-state index contributed by atoms with van der Waals surface area (Å²) in [6, 6.07) is 13.2. The molecular weight excluding hydrogens is 367 g/mol. The molecule has 2 aromatic rings. The Bertz CT molecular complexity index is 685. The van der Waals surface area contributed by atoms with Gasteiger partial charge in [0.1, 0.15) is 11.1 Å². The number of halogens is 1. The fourth-order valence-electron chi connectivity index (χ4n) is 2.12. The minimum atomic E-state index is -3.89. The molecule has 0 saturated heterocycles. The first kappa shape index (κ1) is 17.2. The molecule has 2 rings (SSSR count). The number of rotatable bonds is 6. The second kappa shape index (κ2) is 7.42. The molecule has 4 nitrogen and oxygen atoms in total. The quantitative estimate of drug-likeness (QED) is 0.601. The maximum Gasteiger partial charge on any atom is 0.362 e. The van der Waals surface area contributed by atoms with Crippen LogP contribution in [-0.4, -0.2) is 18.6 Å². The van der Waals surface area contributed by atoms with Gasteiger partial charge >= 0.3 is 7.60 Å². The zero-order valence-electron chi connectivity index (χ0n) is 12.5. The van der Waals surface area contributed by atoms with E-state index in [2.05, 4.69) is 15.9 Å². The van der Waals surface area contributed by atoms with Crippen molar-refractivity contribution in [2.24, 2.45) is 0 Å². The van der Waals surface area contributed by atoms with Crippen molar-refractivity contribution < 1.29 is 18.7 Å². The Morgan fingerprint density at radius 1 is 1.14 bits per heavy atom. The average molecular weight is 385 g/mol. The summed E-state index contributed by atoms with van der Waals surface area (Å²) in [5.74, 6) is 0.347. The number of hydrogen-bond acceptors (Lipinski definition) is 3. The van der Waals surface area contributed by atoms with Crippen LogP contribution in [0.2, 0.25) is 0 Å². The molecule has 6 heteroatoms. The Morgan fingerprint density at radius 2 is 1.77 bits per heavy atom. The summed E-state index contributed by atoms with van der Waals surface area (Å²) in [5.41, 5.74) is 2.97. The van der Waals surface area contributed by atoms with Crippen molar-refractivity contribution in [3.63, 3.8) is 0 Å². The van der Waals surface area contributed by atoms with Crippen LogP contribution in [0.3, 0.4) is 0 Å². The number of alkyl halides is 1. The molecule has 2 aromatic carbocycles. The highest BCUT2D eigenvalue weighted by Gasteiger charge is 2.27. The van der Waals surface area contributed by atoms with E-state index < -0.39 is 7.60 Å². The van der Waals surface area contributed by atoms with Crippen LogP contribution in [0.25, 0.3) is 11.1 Å². The fraction of sp³-hybridized carbons (Fsp3) is 0.250. The van der Waals surface area contributed by atoms with E-state index in [0.29, 0.717) is 5.75 Å². The molecular formula is C16H18BrO4P. The van der Waals surface area contributed by atoms with Crippen molar-refractivity contribution in [3.8, 4) is 16.9 Å². The van der Waals surface area contributed by atoms with Crippen LogP contribution in [0.5, 0.6) is 5.75 Å². The molecule has 0 aliphatic carbocycles. The molecule has 0 aliphatic heterocycles. The molecule has 0 aromatic heterocycles. The Labute approximate surface area is 138 Å².